The van der Waals surface area contributed by atoms with Crippen LogP contribution in [-0.2, 0) is 6.18 Å². The van der Waals surface area contributed by atoms with E-state index in [-0.39, 0.29) is 21.7 Å². The Labute approximate surface area is 125 Å². The molecular formula is C15H18BrF3O. The number of hydrogen-bond donors (Lipinski definition) is 0. The van der Waals surface area contributed by atoms with Gasteiger partial charge in [-0.15, -0.1) is 0 Å². The minimum atomic E-state index is -4.46. The molecule has 1 nitrogen and oxygen atoms in total. The molecular weight excluding hydrogens is 333 g/mol. The van der Waals surface area contributed by atoms with Crippen molar-refractivity contribution in [2.24, 2.45) is 5.92 Å². The van der Waals surface area contributed by atoms with Crippen molar-refractivity contribution < 1.29 is 18.0 Å². The molecule has 0 heterocycles. The number of ketones is 1. The van der Waals surface area contributed by atoms with Gasteiger partial charge in [0.25, 0.3) is 0 Å². The van der Waals surface area contributed by atoms with E-state index in [9.17, 15) is 18.0 Å². The highest BCUT2D eigenvalue weighted by Crippen LogP contribution is 2.36. The molecule has 1 rings (SSSR count). The third-order valence-electron chi connectivity index (χ3n) is 3.20. The maximum atomic E-state index is 12.8. The summed E-state index contributed by atoms with van der Waals surface area (Å²) in [6.07, 6.45) is -1.34. The number of alkyl halides is 3. The Morgan fingerprint density at radius 3 is 2.20 bits per heavy atom. The van der Waals surface area contributed by atoms with E-state index >= 15 is 0 Å². The van der Waals surface area contributed by atoms with Crippen molar-refractivity contribution in [3.8, 4) is 0 Å². The number of carbonyl (C=O) groups excluding carboxylic acids is 1. The topological polar surface area (TPSA) is 17.1 Å². The molecule has 0 saturated heterocycles. The molecule has 112 valence electrons. The zero-order chi connectivity index (χ0) is 15.3. The Kier molecular flexibility index (Phi) is 6.24. The van der Waals surface area contributed by atoms with Gasteiger partial charge in [0.1, 0.15) is 0 Å². The van der Waals surface area contributed by atoms with Crippen LogP contribution < -0.4 is 0 Å². The molecule has 0 amide bonds. The third-order valence-corrected chi connectivity index (χ3v) is 3.89. The van der Waals surface area contributed by atoms with Crippen LogP contribution in [0.1, 0.15) is 55.5 Å². The molecule has 0 N–H and O–H groups in total. The molecule has 0 radical (unpaired) electrons. The summed E-state index contributed by atoms with van der Waals surface area (Å²) in [5.74, 6) is -0.376. The number of halogens is 4. The van der Waals surface area contributed by atoms with Crippen molar-refractivity contribution in [1.82, 2.24) is 0 Å². The fourth-order valence-corrected chi connectivity index (χ4v) is 2.71. The SMILES string of the molecule is CCCC(CCC)C(=O)c1ccc(Br)c(C(F)(F)F)c1. The molecule has 0 aliphatic carbocycles. The van der Waals surface area contributed by atoms with Crippen LogP contribution in [0.4, 0.5) is 13.2 Å². The first-order valence-corrected chi connectivity index (χ1v) is 7.51. The minimum absolute atomic E-state index is 0.0379. The van der Waals surface area contributed by atoms with Gasteiger partial charge < -0.3 is 0 Å². The molecule has 0 aliphatic rings. The summed E-state index contributed by atoms with van der Waals surface area (Å²) in [4.78, 5) is 12.3. The van der Waals surface area contributed by atoms with Gasteiger partial charge in [-0.2, -0.15) is 13.2 Å². The zero-order valence-electron chi connectivity index (χ0n) is 11.6. The lowest BCUT2D eigenvalue weighted by Crippen LogP contribution is -2.16. The van der Waals surface area contributed by atoms with Gasteiger partial charge in [0.2, 0.25) is 0 Å². The van der Waals surface area contributed by atoms with Crippen LogP contribution in [0.15, 0.2) is 22.7 Å². The highest BCUT2D eigenvalue weighted by molar-refractivity contribution is 9.10. The Hall–Kier alpha value is -0.840. The molecule has 5 heteroatoms. The van der Waals surface area contributed by atoms with Crippen LogP contribution in [0.3, 0.4) is 0 Å². The van der Waals surface area contributed by atoms with Gasteiger partial charge >= 0.3 is 6.18 Å². The van der Waals surface area contributed by atoms with Gasteiger partial charge in [-0.05, 0) is 25.0 Å². The van der Waals surface area contributed by atoms with Gasteiger partial charge in [0.05, 0.1) is 5.56 Å². The van der Waals surface area contributed by atoms with E-state index < -0.39 is 11.7 Å². The Balaban J connectivity index is 3.10. The number of rotatable bonds is 6. The number of hydrogen-bond acceptors (Lipinski definition) is 1. The van der Waals surface area contributed by atoms with Crippen LogP contribution >= 0.6 is 15.9 Å². The summed E-state index contributed by atoms with van der Waals surface area (Å²) in [7, 11) is 0. The first-order chi connectivity index (χ1) is 9.31. The molecule has 1 aromatic rings. The van der Waals surface area contributed by atoms with E-state index in [2.05, 4.69) is 15.9 Å². The van der Waals surface area contributed by atoms with Crippen LogP contribution in [0.5, 0.6) is 0 Å². The predicted octanol–water partition coefficient (Wildman–Crippen LogP) is 5.87. The van der Waals surface area contributed by atoms with E-state index in [0.717, 1.165) is 18.9 Å². The molecule has 0 spiro atoms. The van der Waals surface area contributed by atoms with Gasteiger partial charge in [0.15, 0.2) is 5.78 Å². The first kappa shape index (κ1) is 17.2. The smallest absolute Gasteiger partial charge is 0.294 e. The quantitative estimate of drug-likeness (QED) is 0.586. The normalized spacial score (nSPS) is 11.9. The molecule has 0 bridgehead atoms. The van der Waals surface area contributed by atoms with E-state index in [0.29, 0.717) is 12.8 Å². The average Bonchev–Trinajstić information content (AvgIpc) is 2.37. The Morgan fingerprint density at radius 1 is 1.20 bits per heavy atom. The minimum Gasteiger partial charge on any atom is -0.294 e. The van der Waals surface area contributed by atoms with Crippen LogP contribution in [-0.4, -0.2) is 5.78 Å². The molecule has 20 heavy (non-hydrogen) atoms. The first-order valence-electron chi connectivity index (χ1n) is 6.72. The largest absolute Gasteiger partial charge is 0.417 e. The highest BCUT2D eigenvalue weighted by Gasteiger charge is 2.34. The molecule has 0 unspecified atom stereocenters. The van der Waals surface area contributed by atoms with Crippen LogP contribution in [0.25, 0.3) is 0 Å². The van der Waals surface area contributed by atoms with Crippen molar-refractivity contribution in [3.05, 3.63) is 33.8 Å². The second-order valence-corrected chi connectivity index (χ2v) is 5.69. The van der Waals surface area contributed by atoms with Crippen molar-refractivity contribution in [3.63, 3.8) is 0 Å². The highest BCUT2D eigenvalue weighted by atomic mass is 79.9. The average molecular weight is 351 g/mol. The van der Waals surface area contributed by atoms with Crippen LogP contribution in [0.2, 0.25) is 0 Å². The lowest BCUT2D eigenvalue weighted by molar-refractivity contribution is -0.138. The summed E-state index contributed by atoms with van der Waals surface area (Å²) >= 11 is 2.88. The lowest BCUT2D eigenvalue weighted by Gasteiger charge is -2.16. The van der Waals surface area contributed by atoms with E-state index in [1.54, 1.807) is 0 Å². The maximum Gasteiger partial charge on any atom is 0.417 e. The van der Waals surface area contributed by atoms with Gasteiger partial charge in [0, 0.05) is 16.0 Å². The summed E-state index contributed by atoms with van der Waals surface area (Å²) in [6, 6.07) is 3.70. The zero-order valence-corrected chi connectivity index (χ0v) is 13.1. The second kappa shape index (κ2) is 7.25. The van der Waals surface area contributed by atoms with E-state index in [4.69, 9.17) is 0 Å². The van der Waals surface area contributed by atoms with Gasteiger partial charge in [-0.1, -0.05) is 48.7 Å². The number of benzene rings is 1. The third kappa shape index (κ3) is 4.33. The predicted molar refractivity (Wildman–Crippen MR) is 76.8 cm³/mol. The van der Waals surface area contributed by atoms with Crippen molar-refractivity contribution in [2.45, 2.75) is 45.7 Å². The lowest BCUT2D eigenvalue weighted by atomic mass is 9.89. The van der Waals surface area contributed by atoms with E-state index in [1.165, 1.54) is 12.1 Å². The standard InChI is InChI=1S/C15H18BrF3O/c1-3-5-10(6-4-2)14(20)11-7-8-13(16)12(9-11)15(17,18)19/h7-10H,3-6H2,1-2H3. The maximum absolute atomic E-state index is 12.8. The summed E-state index contributed by atoms with van der Waals surface area (Å²) in [6.45, 7) is 3.94. The second-order valence-electron chi connectivity index (χ2n) is 4.83. The Bertz CT molecular complexity index is 463. The fourth-order valence-electron chi connectivity index (χ4n) is 2.23. The Morgan fingerprint density at radius 2 is 1.75 bits per heavy atom. The summed E-state index contributed by atoms with van der Waals surface area (Å²) < 4.78 is 38.5. The van der Waals surface area contributed by atoms with Crippen LogP contribution in [0, 0.1) is 5.92 Å². The molecule has 1 aromatic carbocycles. The van der Waals surface area contributed by atoms with Crippen molar-refractivity contribution in [1.29, 1.82) is 0 Å². The number of Topliss-reactive ketones (excluding diaryl/α,β-unsaturated/α-hetero) is 1. The number of carbonyl (C=O) groups is 1. The monoisotopic (exact) mass is 350 g/mol. The summed E-state index contributed by atoms with van der Waals surface area (Å²) in [5.41, 5.74) is -0.650. The van der Waals surface area contributed by atoms with Crippen molar-refractivity contribution >= 4 is 21.7 Å². The molecule has 0 saturated carbocycles. The molecule has 0 fully saturated rings. The fraction of sp³-hybridized carbons (Fsp3) is 0.533. The van der Waals surface area contributed by atoms with Gasteiger partial charge in [-0.3, -0.25) is 4.79 Å². The summed E-state index contributed by atoms with van der Waals surface area (Å²) in [5, 5.41) is 0. The molecule has 0 aromatic heterocycles. The molecule has 0 aliphatic heterocycles. The van der Waals surface area contributed by atoms with Crippen molar-refractivity contribution in [2.75, 3.05) is 0 Å². The van der Waals surface area contributed by atoms with E-state index in [1.807, 2.05) is 13.8 Å². The molecule has 0 atom stereocenters. The van der Waals surface area contributed by atoms with Gasteiger partial charge in [-0.25, -0.2) is 0 Å².